The van der Waals surface area contributed by atoms with E-state index in [2.05, 4.69) is 10.0 Å². The number of carbonyl (C=O) groups excluding carboxylic acids is 1. The number of hydrogen-bond acceptors (Lipinski definition) is 6. The Kier molecular flexibility index (Phi) is 6.93. The Morgan fingerprint density at radius 1 is 0.970 bits per heavy atom. The Morgan fingerprint density at radius 3 is 2.36 bits per heavy atom. The standard InChI is InChI=1S/C24H25N3O5S/c1-27(19-12-13-22-23(15-19)32-17-31-22)24(28)21(14-18-8-4-2-5-9-18)25-16-26-33(29,30)20-10-6-3-7-11-20/h2-13,15,21,25-26H,14,16-17H2,1H3. The van der Waals surface area contributed by atoms with Crippen LogP contribution in [0.3, 0.4) is 0 Å². The third-order valence-corrected chi connectivity index (χ3v) is 6.74. The smallest absolute Gasteiger partial charge is 0.244 e. The van der Waals surface area contributed by atoms with E-state index in [4.69, 9.17) is 9.47 Å². The number of hydrogen-bond donors (Lipinski definition) is 2. The first-order valence-electron chi connectivity index (χ1n) is 10.4. The summed E-state index contributed by atoms with van der Waals surface area (Å²) in [7, 11) is -2.03. The van der Waals surface area contributed by atoms with Crippen LogP contribution in [0.2, 0.25) is 0 Å². The molecule has 0 aliphatic carbocycles. The first kappa shape index (κ1) is 22.8. The molecule has 1 amide bonds. The molecule has 0 radical (unpaired) electrons. The minimum atomic E-state index is -3.70. The van der Waals surface area contributed by atoms with Crippen molar-refractivity contribution in [1.82, 2.24) is 10.0 Å². The third-order valence-electron chi connectivity index (χ3n) is 5.32. The minimum absolute atomic E-state index is 0.102. The number of rotatable bonds is 9. The van der Waals surface area contributed by atoms with Crippen LogP contribution in [0.25, 0.3) is 0 Å². The lowest BCUT2D eigenvalue weighted by Crippen LogP contribution is -2.49. The van der Waals surface area contributed by atoms with Crippen LogP contribution in [0.1, 0.15) is 5.56 Å². The van der Waals surface area contributed by atoms with Gasteiger partial charge in [-0.1, -0.05) is 48.5 Å². The van der Waals surface area contributed by atoms with Gasteiger partial charge in [-0.3, -0.25) is 10.1 Å². The Hall–Kier alpha value is -3.40. The molecule has 33 heavy (non-hydrogen) atoms. The molecule has 0 spiro atoms. The quantitative estimate of drug-likeness (QED) is 0.470. The predicted octanol–water partition coefficient (Wildman–Crippen LogP) is 2.52. The highest BCUT2D eigenvalue weighted by Gasteiger charge is 2.25. The van der Waals surface area contributed by atoms with Gasteiger partial charge in [0.2, 0.25) is 22.7 Å². The summed E-state index contributed by atoms with van der Waals surface area (Å²) in [5.41, 5.74) is 1.60. The van der Waals surface area contributed by atoms with Crippen molar-refractivity contribution in [2.24, 2.45) is 0 Å². The van der Waals surface area contributed by atoms with Crippen molar-refractivity contribution >= 4 is 21.6 Å². The number of ether oxygens (including phenoxy) is 2. The maximum absolute atomic E-state index is 13.4. The summed E-state index contributed by atoms with van der Waals surface area (Å²) in [6.45, 7) is 0.0473. The van der Waals surface area contributed by atoms with Gasteiger partial charge in [0.15, 0.2) is 11.5 Å². The second kappa shape index (κ2) is 10.0. The molecule has 9 heteroatoms. The maximum Gasteiger partial charge on any atom is 0.244 e. The van der Waals surface area contributed by atoms with Crippen molar-refractivity contribution < 1.29 is 22.7 Å². The molecular weight excluding hydrogens is 442 g/mol. The van der Waals surface area contributed by atoms with Gasteiger partial charge in [0, 0.05) is 18.8 Å². The molecule has 1 atom stereocenters. The van der Waals surface area contributed by atoms with Gasteiger partial charge in [0.05, 0.1) is 17.6 Å². The molecule has 0 bridgehead atoms. The van der Waals surface area contributed by atoms with Gasteiger partial charge >= 0.3 is 0 Å². The summed E-state index contributed by atoms with van der Waals surface area (Å²) >= 11 is 0. The first-order valence-corrected chi connectivity index (χ1v) is 11.9. The van der Waals surface area contributed by atoms with Gasteiger partial charge in [-0.2, -0.15) is 4.72 Å². The van der Waals surface area contributed by atoms with Crippen LogP contribution in [0.5, 0.6) is 11.5 Å². The maximum atomic E-state index is 13.4. The molecule has 0 aromatic heterocycles. The zero-order valence-corrected chi connectivity index (χ0v) is 18.9. The third kappa shape index (κ3) is 5.51. The zero-order valence-electron chi connectivity index (χ0n) is 18.1. The topological polar surface area (TPSA) is 97.0 Å². The van der Waals surface area contributed by atoms with Crippen molar-refractivity contribution in [2.75, 3.05) is 25.4 Å². The van der Waals surface area contributed by atoms with Crippen molar-refractivity contribution in [2.45, 2.75) is 17.4 Å². The average molecular weight is 468 g/mol. The highest BCUT2D eigenvalue weighted by molar-refractivity contribution is 7.89. The van der Waals surface area contributed by atoms with E-state index in [0.29, 0.717) is 23.6 Å². The van der Waals surface area contributed by atoms with Crippen LogP contribution in [-0.2, 0) is 21.2 Å². The Bertz CT molecular complexity index is 1200. The molecule has 3 aromatic rings. The molecule has 2 N–H and O–H groups in total. The fourth-order valence-corrected chi connectivity index (χ4v) is 4.45. The number of amides is 1. The first-order chi connectivity index (χ1) is 15.9. The van der Waals surface area contributed by atoms with Crippen LogP contribution < -0.4 is 24.4 Å². The Morgan fingerprint density at radius 2 is 1.64 bits per heavy atom. The molecule has 1 aliphatic rings. The van der Waals surface area contributed by atoms with Crippen LogP contribution in [0.4, 0.5) is 5.69 Å². The SMILES string of the molecule is CN(C(=O)C(Cc1ccccc1)NCNS(=O)(=O)c1ccccc1)c1ccc2c(c1)OCO2. The van der Waals surface area contributed by atoms with Gasteiger partial charge in [-0.25, -0.2) is 8.42 Å². The molecule has 172 valence electrons. The highest BCUT2D eigenvalue weighted by Crippen LogP contribution is 2.35. The molecule has 1 unspecified atom stereocenters. The number of sulfonamides is 1. The van der Waals surface area contributed by atoms with Crippen LogP contribution >= 0.6 is 0 Å². The van der Waals surface area contributed by atoms with E-state index in [1.54, 1.807) is 43.4 Å². The number of benzene rings is 3. The van der Waals surface area contributed by atoms with Gasteiger partial charge < -0.3 is 14.4 Å². The summed E-state index contributed by atoms with van der Waals surface area (Å²) in [4.78, 5) is 15.1. The summed E-state index contributed by atoms with van der Waals surface area (Å²) < 4.78 is 38.3. The fraction of sp³-hybridized carbons (Fsp3) is 0.208. The minimum Gasteiger partial charge on any atom is -0.454 e. The number of anilines is 1. The zero-order chi connectivity index (χ0) is 23.3. The summed E-state index contributed by atoms with van der Waals surface area (Å²) in [6.07, 6.45) is 0.391. The average Bonchev–Trinajstić information content (AvgIpc) is 3.31. The highest BCUT2D eigenvalue weighted by atomic mass is 32.2. The van der Waals surface area contributed by atoms with Crippen molar-refractivity contribution in [3.63, 3.8) is 0 Å². The Balaban J connectivity index is 1.48. The van der Waals surface area contributed by atoms with E-state index in [1.807, 2.05) is 30.3 Å². The summed E-state index contributed by atoms with van der Waals surface area (Å²) in [6, 6.07) is 22.3. The molecule has 0 saturated heterocycles. The van der Waals surface area contributed by atoms with E-state index >= 15 is 0 Å². The van der Waals surface area contributed by atoms with E-state index in [1.165, 1.54) is 17.0 Å². The van der Waals surface area contributed by atoms with Crippen molar-refractivity contribution in [3.05, 3.63) is 84.4 Å². The van der Waals surface area contributed by atoms with E-state index in [9.17, 15) is 13.2 Å². The van der Waals surface area contributed by atoms with Crippen molar-refractivity contribution in [3.8, 4) is 11.5 Å². The molecule has 0 fully saturated rings. The summed E-state index contributed by atoms with van der Waals surface area (Å²) in [5.74, 6) is 1.00. The second-order valence-electron chi connectivity index (χ2n) is 7.52. The molecule has 8 nitrogen and oxygen atoms in total. The number of carbonyl (C=O) groups is 1. The lowest BCUT2D eigenvalue weighted by Gasteiger charge is -2.25. The van der Waals surface area contributed by atoms with Crippen LogP contribution in [0.15, 0.2) is 83.8 Å². The molecular formula is C24H25N3O5S. The molecule has 1 heterocycles. The monoisotopic (exact) mass is 467 g/mol. The van der Waals surface area contributed by atoms with Gasteiger partial charge in [-0.15, -0.1) is 0 Å². The normalized spacial score (nSPS) is 13.5. The number of nitrogens with zero attached hydrogens (tertiary/aromatic N) is 1. The molecule has 0 saturated carbocycles. The number of fused-ring (bicyclic) bond motifs is 1. The largest absolute Gasteiger partial charge is 0.454 e. The lowest BCUT2D eigenvalue weighted by atomic mass is 10.0. The van der Waals surface area contributed by atoms with Crippen LogP contribution in [0, 0.1) is 0 Å². The molecule has 4 rings (SSSR count). The second-order valence-corrected chi connectivity index (χ2v) is 9.29. The van der Waals surface area contributed by atoms with E-state index < -0.39 is 16.1 Å². The van der Waals surface area contributed by atoms with Crippen LogP contribution in [-0.4, -0.2) is 40.9 Å². The van der Waals surface area contributed by atoms with E-state index in [0.717, 1.165) is 5.56 Å². The predicted molar refractivity (Wildman–Crippen MR) is 125 cm³/mol. The van der Waals surface area contributed by atoms with Gasteiger partial charge in [-0.05, 0) is 36.2 Å². The number of likely N-dealkylation sites (N-methyl/N-ethyl adjacent to an activating group) is 1. The van der Waals surface area contributed by atoms with E-state index in [-0.39, 0.29) is 24.3 Å². The lowest BCUT2D eigenvalue weighted by molar-refractivity contribution is -0.120. The molecule has 3 aromatic carbocycles. The van der Waals surface area contributed by atoms with Crippen molar-refractivity contribution in [1.29, 1.82) is 0 Å². The number of nitrogens with one attached hydrogen (secondary N) is 2. The summed E-state index contributed by atoms with van der Waals surface area (Å²) in [5, 5.41) is 3.06. The van der Waals surface area contributed by atoms with Gasteiger partial charge in [0.1, 0.15) is 0 Å². The fourth-order valence-electron chi connectivity index (χ4n) is 3.49. The Labute approximate surface area is 193 Å². The molecule has 1 aliphatic heterocycles. The van der Waals surface area contributed by atoms with Gasteiger partial charge in [0.25, 0.3) is 0 Å².